The number of hydrogen-bond acceptors (Lipinski definition) is 8. The summed E-state index contributed by atoms with van der Waals surface area (Å²) >= 11 is 0. The summed E-state index contributed by atoms with van der Waals surface area (Å²) in [6.45, 7) is 12.3. The minimum atomic E-state index is -0.833. The number of benzene rings is 1. The largest absolute Gasteiger partial charge is 0.481 e. The Bertz CT molecular complexity index is 476. The fourth-order valence-electron chi connectivity index (χ4n) is 2.46. The topological polar surface area (TPSA) is 161 Å². The fraction of sp³-hybridized carbons (Fsp3) is 0.652. The van der Waals surface area contributed by atoms with E-state index in [-0.39, 0.29) is 0 Å². The van der Waals surface area contributed by atoms with Crippen LogP contribution in [0.1, 0.15) is 38.7 Å². The van der Waals surface area contributed by atoms with Crippen LogP contribution in [0.3, 0.4) is 0 Å². The molecule has 9 N–H and O–H groups in total. The molecule has 1 fully saturated rings. The lowest BCUT2D eigenvalue weighted by atomic mass is 10.2. The first-order valence-corrected chi connectivity index (χ1v) is 11.6. The van der Waals surface area contributed by atoms with Crippen LogP contribution in [0.25, 0.3) is 0 Å². The first kappa shape index (κ1) is 33.1. The van der Waals surface area contributed by atoms with Gasteiger partial charge in [-0.15, -0.1) is 0 Å². The van der Waals surface area contributed by atoms with Gasteiger partial charge in [0.25, 0.3) is 11.9 Å². The Balaban J connectivity index is 0. The molecule has 0 bridgehead atoms. The highest BCUT2D eigenvalue weighted by Crippen LogP contribution is 1.96. The second-order valence-electron chi connectivity index (χ2n) is 7.23. The molecule has 1 aliphatic heterocycles. The van der Waals surface area contributed by atoms with E-state index in [9.17, 15) is 0 Å². The van der Waals surface area contributed by atoms with Crippen molar-refractivity contribution in [2.24, 2.45) is 5.73 Å². The van der Waals surface area contributed by atoms with Crippen molar-refractivity contribution in [3.8, 4) is 0 Å². The van der Waals surface area contributed by atoms with Gasteiger partial charge in [-0.3, -0.25) is 9.59 Å². The Hall–Kier alpha value is -2.08. The zero-order valence-electron chi connectivity index (χ0n) is 20.4. The predicted molar refractivity (Wildman–Crippen MR) is 134 cm³/mol. The van der Waals surface area contributed by atoms with E-state index >= 15 is 0 Å². The molecule has 0 spiro atoms. The summed E-state index contributed by atoms with van der Waals surface area (Å²) in [5.41, 5.74) is 6.64. The van der Waals surface area contributed by atoms with E-state index in [0.717, 1.165) is 72.9 Å². The van der Waals surface area contributed by atoms with Crippen molar-refractivity contribution in [1.82, 2.24) is 26.6 Å². The summed E-state index contributed by atoms with van der Waals surface area (Å²) in [5.74, 6) is -1.67. The summed E-state index contributed by atoms with van der Waals surface area (Å²) in [4.78, 5) is 18.0. The SMILES string of the molecule is C1CCNCNCCCNCCNC1.CC(=O)O.CC(=O)O.NCCNCc1ccccc1. The normalized spacial score (nSPS) is 15.0. The number of carbonyl (C=O) groups is 2. The molecule has 1 aliphatic rings. The molecular formula is C23H46N6O4. The molecule has 2 rings (SSSR count). The van der Waals surface area contributed by atoms with Gasteiger partial charge in [-0.25, -0.2) is 0 Å². The minimum Gasteiger partial charge on any atom is -0.481 e. The Labute approximate surface area is 199 Å². The summed E-state index contributed by atoms with van der Waals surface area (Å²) < 4.78 is 0. The average Bonchev–Trinajstić information content (AvgIpc) is 2.76. The van der Waals surface area contributed by atoms with Crippen LogP contribution in [0.4, 0.5) is 0 Å². The maximum atomic E-state index is 9.00. The fourth-order valence-corrected chi connectivity index (χ4v) is 2.46. The first-order chi connectivity index (χ1) is 15.9. The molecule has 0 aromatic heterocycles. The summed E-state index contributed by atoms with van der Waals surface area (Å²) in [6.07, 6.45) is 3.75. The number of rotatable bonds is 4. The molecule has 1 saturated heterocycles. The van der Waals surface area contributed by atoms with E-state index in [0.29, 0.717) is 6.54 Å². The third kappa shape index (κ3) is 37.6. The van der Waals surface area contributed by atoms with Crippen LogP contribution < -0.4 is 32.3 Å². The van der Waals surface area contributed by atoms with Gasteiger partial charge in [0.2, 0.25) is 0 Å². The second kappa shape index (κ2) is 28.0. The molecule has 10 nitrogen and oxygen atoms in total. The van der Waals surface area contributed by atoms with Crippen LogP contribution >= 0.6 is 0 Å². The van der Waals surface area contributed by atoms with Gasteiger partial charge in [-0.05, 0) is 51.0 Å². The van der Waals surface area contributed by atoms with Crippen molar-refractivity contribution in [2.75, 3.05) is 59.0 Å². The number of aliphatic carboxylic acids is 2. The van der Waals surface area contributed by atoms with E-state index in [4.69, 9.17) is 25.5 Å². The lowest BCUT2D eigenvalue weighted by Gasteiger charge is -2.10. The smallest absolute Gasteiger partial charge is 0.300 e. The van der Waals surface area contributed by atoms with Crippen molar-refractivity contribution in [1.29, 1.82) is 0 Å². The lowest BCUT2D eigenvalue weighted by molar-refractivity contribution is -0.135. The molecule has 0 radical (unpaired) electrons. The van der Waals surface area contributed by atoms with Crippen molar-refractivity contribution < 1.29 is 19.8 Å². The molecule has 0 unspecified atom stereocenters. The van der Waals surface area contributed by atoms with Gasteiger partial charge >= 0.3 is 0 Å². The highest BCUT2D eigenvalue weighted by molar-refractivity contribution is 5.63. The van der Waals surface area contributed by atoms with Crippen LogP contribution in [0.15, 0.2) is 30.3 Å². The van der Waals surface area contributed by atoms with Crippen molar-refractivity contribution >= 4 is 11.9 Å². The van der Waals surface area contributed by atoms with Gasteiger partial charge in [-0.1, -0.05) is 30.3 Å². The Morgan fingerprint density at radius 3 is 1.79 bits per heavy atom. The van der Waals surface area contributed by atoms with Gasteiger partial charge < -0.3 is 42.5 Å². The molecule has 0 atom stereocenters. The van der Waals surface area contributed by atoms with Crippen LogP contribution in [0, 0.1) is 0 Å². The molecule has 0 amide bonds. The standard InChI is InChI=1S/C10H24N4.C9H14N2.2C2H4O2/c1-2-5-13-10-14-7-3-6-12-9-8-11-4-1;10-6-7-11-8-9-4-2-1-3-5-9;2*1-2(3)4/h11-14H,1-10H2;1-5,11H,6-8,10H2;2*1H3,(H,3,4). The van der Waals surface area contributed by atoms with Crippen LogP contribution in [-0.4, -0.2) is 81.2 Å². The molecule has 192 valence electrons. The number of carboxylic acids is 2. The highest BCUT2D eigenvalue weighted by atomic mass is 16.4. The Morgan fingerprint density at radius 1 is 0.818 bits per heavy atom. The van der Waals surface area contributed by atoms with Crippen molar-refractivity contribution in [2.45, 2.75) is 39.7 Å². The second-order valence-corrected chi connectivity index (χ2v) is 7.23. The first-order valence-electron chi connectivity index (χ1n) is 11.6. The van der Waals surface area contributed by atoms with Gasteiger partial charge in [-0.2, -0.15) is 0 Å². The van der Waals surface area contributed by atoms with Crippen molar-refractivity contribution in [3.05, 3.63) is 35.9 Å². The van der Waals surface area contributed by atoms with Crippen LogP contribution in [0.2, 0.25) is 0 Å². The molecule has 33 heavy (non-hydrogen) atoms. The third-order valence-corrected chi connectivity index (χ3v) is 3.89. The summed E-state index contributed by atoms with van der Waals surface area (Å²) in [5, 5.41) is 31.7. The maximum Gasteiger partial charge on any atom is 0.300 e. The van der Waals surface area contributed by atoms with Gasteiger partial charge in [0, 0.05) is 53.2 Å². The zero-order valence-corrected chi connectivity index (χ0v) is 20.4. The van der Waals surface area contributed by atoms with Crippen LogP contribution in [-0.2, 0) is 16.1 Å². The lowest BCUT2D eigenvalue weighted by Crippen LogP contribution is -2.34. The highest BCUT2D eigenvalue weighted by Gasteiger charge is 1.93. The minimum absolute atomic E-state index is 0.701. The van der Waals surface area contributed by atoms with Gasteiger partial charge in [0.05, 0.1) is 0 Å². The third-order valence-electron chi connectivity index (χ3n) is 3.89. The van der Waals surface area contributed by atoms with E-state index in [1.165, 1.54) is 24.8 Å². The molecule has 0 saturated carbocycles. The monoisotopic (exact) mass is 470 g/mol. The Kier molecular flexibility index (Phi) is 28.0. The molecule has 1 aromatic carbocycles. The summed E-state index contributed by atoms with van der Waals surface area (Å²) in [6, 6.07) is 10.3. The predicted octanol–water partition coefficient (Wildman–Crippen LogP) is 0.403. The molecular weight excluding hydrogens is 424 g/mol. The molecule has 1 aromatic rings. The number of carboxylic acid groups (broad SMARTS) is 2. The number of hydrogen-bond donors (Lipinski definition) is 8. The quantitative estimate of drug-likeness (QED) is 0.289. The van der Waals surface area contributed by atoms with E-state index in [2.05, 4.69) is 38.7 Å². The molecule has 10 heteroatoms. The maximum absolute atomic E-state index is 9.00. The number of nitrogens with two attached hydrogens (primary N) is 1. The van der Waals surface area contributed by atoms with Gasteiger partial charge in [0.15, 0.2) is 0 Å². The molecule has 1 heterocycles. The Morgan fingerprint density at radius 2 is 1.27 bits per heavy atom. The average molecular weight is 471 g/mol. The zero-order chi connectivity index (χ0) is 25.0. The number of nitrogens with one attached hydrogen (secondary N) is 5. The molecule has 0 aliphatic carbocycles. The van der Waals surface area contributed by atoms with E-state index in [1.54, 1.807) is 0 Å². The summed E-state index contributed by atoms with van der Waals surface area (Å²) in [7, 11) is 0. The van der Waals surface area contributed by atoms with E-state index in [1.807, 2.05) is 18.2 Å². The van der Waals surface area contributed by atoms with E-state index < -0.39 is 11.9 Å². The van der Waals surface area contributed by atoms with Crippen molar-refractivity contribution in [3.63, 3.8) is 0 Å². The van der Waals surface area contributed by atoms with Crippen LogP contribution in [0.5, 0.6) is 0 Å². The van der Waals surface area contributed by atoms with Gasteiger partial charge in [0.1, 0.15) is 0 Å².